The molecule has 0 atom stereocenters. The largest absolute Gasteiger partial charge is 0.497 e. The van der Waals surface area contributed by atoms with E-state index in [4.69, 9.17) is 14.5 Å². The van der Waals surface area contributed by atoms with Crippen molar-refractivity contribution in [3.63, 3.8) is 0 Å². The number of anilines is 2. The van der Waals surface area contributed by atoms with Crippen molar-refractivity contribution in [1.82, 2.24) is 4.98 Å². The van der Waals surface area contributed by atoms with Crippen LogP contribution in [0.25, 0.3) is 22.0 Å². The minimum Gasteiger partial charge on any atom is -0.497 e. The van der Waals surface area contributed by atoms with E-state index in [9.17, 15) is 0 Å². The minimum absolute atomic E-state index is 0.715. The molecule has 3 aromatic carbocycles. The van der Waals surface area contributed by atoms with Crippen molar-refractivity contribution in [1.29, 1.82) is 0 Å². The molecule has 0 aliphatic heterocycles. The molecule has 0 aliphatic rings. The Labute approximate surface area is 156 Å². The summed E-state index contributed by atoms with van der Waals surface area (Å²) in [6.07, 6.45) is 0. The van der Waals surface area contributed by atoms with Gasteiger partial charge in [0.05, 0.1) is 25.6 Å². The number of rotatable bonds is 5. The van der Waals surface area contributed by atoms with Gasteiger partial charge in [-0.15, -0.1) is 11.3 Å². The highest BCUT2D eigenvalue weighted by atomic mass is 32.1. The Morgan fingerprint density at radius 1 is 0.885 bits per heavy atom. The Balaban J connectivity index is 1.61. The fourth-order valence-electron chi connectivity index (χ4n) is 2.83. The van der Waals surface area contributed by atoms with Crippen LogP contribution < -0.4 is 14.8 Å². The molecular formula is C21H18N2O2S. The van der Waals surface area contributed by atoms with Crippen LogP contribution in [-0.2, 0) is 0 Å². The first-order valence-electron chi connectivity index (χ1n) is 8.20. The number of nitrogens with zero attached hydrogens (tertiary/aromatic N) is 1. The van der Waals surface area contributed by atoms with Crippen molar-refractivity contribution in [2.24, 2.45) is 0 Å². The summed E-state index contributed by atoms with van der Waals surface area (Å²) < 4.78 is 10.7. The van der Waals surface area contributed by atoms with Crippen molar-refractivity contribution in [3.8, 4) is 22.8 Å². The average Bonchev–Trinajstić information content (AvgIpc) is 3.16. The molecule has 1 N–H and O–H groups in total. The van der Waals surface area contributed by atoms with Gasteiger partial charge in [0, 0.05) is 17.0 Å². The number of hydrogen-bond acceptors (Lipinski definition) is 5. The molecule has 1 heterocycles. The molecule has 0 bridgehead atoms. The molecule has 0 unspecified atom stereocenters. The predicted molar refractivity (Wildman–Crippen MR) is 108 cm³/mol. The summed E-state index contributed by atoms with van der Waals surface area (Å²) in [5.74, 6) is 1.47. The molecule has 4 aromatic rings. The van der Waals surface area contributed by atoms with Gasteiger partial charge in [-0.05, 0) is 29.0 Å². The molecule has 4 nitrogen and oxygen atoms in total. The highest BCUT2D eigenvalue weighted by molar-refractivity contribution is 7.14. The van der Waals surface area contributed by atoms with Crippen molar-refractivity contribution in [2.75, 3.05) is 19.5 Å². The number of hydrogen-bond donors (Lipinski definition) is 1. The maximum absolute atomic E-state index is 5.43. The highest BCUT2D eigenvalue weighted by Crippen LogP contribution is 2.34. The summed E-state index contributed by atoms with van der Waals surface area (Å²) in [7, 11) is 3.28. The van der Waals surface area contributed by atoms with E-state index in [2.05, 4.69) is 53.2 Å². The van der Waals surface area contributed by atoms with E-state index in [0.717, 1.165) is 27.8 Å². The van der Waals surface area contributed by atoms with E-state index >= 15 is 0 Å². The van der Waals surface area contributed by atoms with Gasteiger partial charge in [0.1, 0.15) is 11.5 Å². The summed E-state index contributed by atoms with van der Waals surface area (Å²) in [5.41, 5.74) is 2.91. The van der Waals surface area contributed by atoms with E-state index in [1.165, 1.54) is 10.8 Å². The molecule has 0 aliphatic carbocycles. The first kappa shape index (κ1) is 16.4. The van der Waals surface area contributed by atoms with Crippen molar-refractivity contribution < 1.29 is 9.47 Å². The van der Waals surface area contributed by atoms with Crippen LogP contribution in [0.1, 0.15) is 0 Å². The maximum Gasteiger partial charge on any atom is 0.187 e. The van der Waals surface area contributed by atoms with Crippen LogP contribution in [0.5, 0.6) is 11.5 Å². The molecule has 4 rings (SSSR count). The first-order valence-corrected chi connectivity index (χ1v) is 9.08. The Bertz CT molecular complexity index is 1060. The van der Waals surface area contributed by atoms with Crippen molar-refractivity contribution in [2.45, 2.75) is 0 Å². The van der Waals surface area contributed by atoms with Gasteiger partial charge >= 0.3 is 0 Å². The topological polar surface area (TPSA) is 43.4 Å². The summed E-state index contributed by atoms with van der Waals surface area (Å²) in [4.78, 5) is 4.72. The number of methoxy groups -OCH3 is 2. The third kappa shape index (κ3) is 3.21. The Kier molecular flexibility index (Phi) is 4.46. The molecule has 5 heteroatoms. The van der Waals surface area contributed by atoms with Crippen LogP contribution in [0.2, 0.25) is 0 Å². The zero-order chi connectivity index (χ0) is 17.9. The predicted octanol–water partition coefficient (Wildman–Crippen LogP) is 5.72. The second-order valence-electron chi connectivity index (χ2n) is 5.79. The third-order valence-corrected chi connectivity index (χ3v) is 4.96. The van der Waals surface area contributed by atoms with Crippen molar-refractivity contribution >= 4 is 32.9 Å². The summed E-state index contributed by atoms with van der Waals surface area (Å²) >= 11 is 1.56. The zero-order valence-corrected chi connectivity index (χ0v) is 15.3. The number of fused-ring (bicyclic) bond motifs is 1. The van der Waals surface area contributed by atoms with E-state index in [-0.39, 0.29) is 0 Å². The molecule has 0 radical (unpaired) electrons. The first-order chi connectivity index (χ1) is 12.8. The van der Waals surface area contributed by atoms with E-state index in [1.807, 2.05) is 18.2 Å². The number of benzene rings is 3. The number of nitrogens with one attached hydrogen (secondary N) is 1. The molecule has 0 saturated carbocycles. The Morgan fingerprint density at radius 2 is 1.73 bits per heavy atom. The molecule has 1 aromatic heterocycles. The quantitative estimate of drug-likeness (QED) is 0.493. The molecule has 0 spiro atoms. The number of ether oxygens (including phenoxy) is 2. The van der Waals surface area contributed by atoms with Gasteiger partial charge in [0.25, 0.3) is 0 Å². The fourth-order valence-corrected chi connectivity index (χ4v) is 3.56. The molecule has 130 valence electrons. The van der Waals surface area contributed by atoms with E-state index in [0.29, 0.717) is 5.75 Å². The van der Waals surface area contributed by atoms with Gasteiger partial charge in [-0.3, -0.25) is 0 Å². The molecule has 0 saturated heterocycles. The molecule has 0 fully saturated rings. The smallest absolute Gasteiger partial charge is 0.187 e. The van der Waals surface area contributed by atoms with Crippen LogP contribution in [0.4, 0.5) is 10.8 Å². The lowest BCUT2D eigenvalue weighted by Crippen LogP contribution is -1.95. The monoisotopic (exact) mass is 362 g/mol. The molecule has 0 amide bonds. The second kappa shape index (κ2) is 7.06. The van der Waals surface area contributed by atoms with Gasteiger partial charge in [-0.25, -0.2) is 4.98 Å². The summed E-state index contributed by atoms with van der Waals surface area (Å²) in [6, 6.07) is 20.4. The van der Waals surface area contributed by atoms with Gasteiger partial charge in [-0.2, -0.15) is 0 Å². The fraction of sp³-hybridized carbons (Fsp3) is 0.0952. The maximum atomic E-state index is 5.43. The summed E-state index contributed by atoms with van der Waals surface area (Å²) in [5, 5.41) is 8.65. The zero-order valence-electron chi connectivity index (χ0n) is 14.5. The number of thiazole rings is 1. The lowest BCUT2D eigenvalue weighted by atomic mass is 10.1. The Hall–Kier alpha value is -3.05. The van der Waals surface area contributed by atoms with Crippen molar-refractivity contribution in [3.05, 3.63) is 66.0 Å². The van der Waals surface area contributed by atoms with Crippen LogP contribution in [0, 0.1) is 0 Å². The van der Waals surface area contributed by atoms with Gasteiger partial charge in [0.15, 0.2) is 5.13 Å². The second-order valence-corrected chi connectivity index (χ2v) is 6.65. The van der Waals surface area contributed by atoms with Crippen LogP contribution >= 0.6 is 11.3 Å². The van der Waals surface area contributed by atoms with Gasteiger partial charge in [-0.1, -0.05) is 36.4 Å². The molecule has 26 heavy (non-hydrogen) atoms. The van der Waals surface area contributed by atoms with E-state index < -0.39 is 0 Å². The SMILES string of the molecule is COc1ccc(Nc2nc(-c3ccc4ccccc4c3)cs2)c(OC)c1. The Morgan fingerprint density at radius 3 is 2.54 bits per heavy atom. The molecular weight excluding hydrogens is 344 g/mol. The van der Waals surface area contributed by atoms with E-state index in [1.54, 1.807) is 25.6 Å². The highest BCUT2D eigenvalue weighted by Gasteiger charge is 2.09. The van der Waals surface area contributed by atoms with Gasteiger partial charge in [0.2, 0.25) is 0 Å². The summed E-state index contributed by atoms with van der Waals surface area (Å²) in [6.45, 7) is 0. The lowest BCUT2D eigenvalue weighted by Gasteiger charge is -2.10. The van der Waals surface area contributed by atoms with Crippen LogP contribution in [-0.4, -0.2) is 19.2 Å². The van der Waals surface area contributed by atoms with Gasteiger partial charge < -0.3 is 14.8 Å². The van der Waals surface area contributed by atoms with Crippen LogP contribution in [0.3, 0.4) is 0 Å². The third-order valence-electron chi connectivity index (χ3n) is 4.20. The average molecular weight is 362 g/mol. The normalized spacial score (nSPS) is 10.7. The minimum atomic E-state index is 0.715. The van der Waals surface area contributed by atoms with Crippen LogP contribution in [0.15, 0.2) is 66.0 Å². The lowest BCUT2D eigenvalue weighted by molar-refractivity contribution is 0.395. The standard InChI is InChI=1S/C21H18N2O2S/c1-24-17-9-10-18(20(12-17)25-2)22-21-23-19(13-26-21)16-8-7-14-5-3-4-6-15(14)11-16/h3-13H,1-2H3,(H,22,23). The number of aromatic nitrogens is 1.